The van der Waals surface area contributed by atoms with Gasteiger partial charge in [-0.15, -0.1) is 0 Å². The zero-order valence-corrected chi connectivity index (χ0v) is 12.0. The molecule has 2 radical (unpaired) electrons. The second-order valence-corrected chi connectivity index (χ2v) is 5.32. The van der Waals surface area contributed by atoms with Crippen LogP contribution in [-0.4, -0.2) is 31.9 Å². The van der Waals surface area contributed by atoms with E-state index in [0.29, 0.717) is 23.4 Å². The highest BCUT2D eigenvalue weighted by atomic mass is 35.5. The van der Waals surface area contributed by atoms with Crippen LogP contribution in [0.1, 0.15) is 31.2 Å². The summed E-state index contributed by atoms with van der Waals surface area (Å²) in [6.45, 7) is 0. The van der Waals surface area contributed by atoms with Crippen molar-refractivity contribution < 1.29 is 14.2 Å². The maximum Gasteiger partial charge on any atom is 0.391 e. The van der Waals surface area contributed by atoms with Crippen molar-refractivity contribution in [3.05, 3.63) is 34.9 Å². The smallest absolute Gasteiger partial charge is 0.391 e. The molecule has 1 amide bonds. The fourth-order valence-electron chi connectivity index (χ4n) is 2.86. The molecule has 1 unspecified atom stereocenters. The molecule has 2 rings (SSSR count). The Balaban J connectivity index is 2.58. The first kappa shape index (κ1) is 14.9. The second kappa shape index (κ2) is 5.88. The Morgan fingerprint density at radius 3 is 2.70 bits per heavy atom. The third-order valence-corrected chi connectivity index (χ3v) is 4.25. The molecule has 1 aromatic rings. The summed E-state index contributed by atoms with van der Waals surface area (Å²) < 4.78 is 4.29. The van der Waals surface area contributed by atoms with Gasteiger partial charge < -0.3 is 4.65 Å². The lowest BCUT2D eigenvalue weighted by molar-refractivity contribution is -0.132. The molecule has 0 spiro atoms. The van der Waals surface area contributed by atoms with Crippen molar-refractivity contribution in [1.29, 1.82) is 0 Å². The first-order chi connectivity index (χ1) is 9.54. The van der Waals surface area contributed by atoms with Crippen LogP contribution >= 0.6 is 11.6 Å². The molecule has 0 aliphatic heterocycles. The quantitative estimate of drug-likeness (QED) is 0.787. The van der Waals surface area contributed by atoms with E-state index in [1.807, 2.05) is 0 Å². The largest absolute Gasteiger partial charge is 0.528 e. The summed E-state index contributed by atoms with van der Waals surface area (Å²) in [7, 11) is 6.48. The molecule has 0 saturated heterocycles. The van der Waals surface area contributed by atoms with Crippen molar-refractivity contribution in [3.63, 3.8) is 0 Å². The van der Waals surface area contributed by atoms with Crippen molar-refractivity contribution in [1.82, 2.24) is 4.90 Å². The van der Waals surface area contributed by atoms with Crippen molar-refractivity contribution in [2.24, 2.45) is 0 Å². The number of nitrogens with zero attached hydrogens (tertiary/aromatic N) is 1. The van der Waals surface area contributed by atoms with E-state index < -0.39 is 11.6 Å². The summed E-state index contributed by atoms with van der Waals surface area (Å²) in [6, 6.07) is 7.06. The number of rotatable bonds is 2. The Kier molecular flexibility index (Phi) is 4.38. The fourth-order valence-corrected chi connectivity index (χ4v) is 3.16. The Morgan fingerprint density at radius 2 is 2.10 bits per heavy atom. The maximum absolute atomic E-state index is 12.6. The van der Waals surface area contributed by atoms with Gasteiger partial charge in [0.25, 0.3) is 0 Å². The lowest BCUT2D eigenvalue weighted by atomic mass is 9.74. The van der Waals surface area contributed by atoms with Crippen LogP contribution in [0.2, 0.25) is 5.02 Å². The standard InChI is InChI=1S/C14H15BClNO3/c1-17(13(19)20-15)14(9-5-4-8-12(14)18)10-6-2-3-7-11(10)16/h2-3,6-7H,4-5,8-9H2,1H3. The highest BCUT2D eigenvalue weighted by Crippen LogP contribution is 2.42. The third-order valence-electron chi connectivity index (χ3n) is 3.92. The molecule has 1 atom stereocenters. The van der Waals surface area contributed by atoms with Gasteiger partial charge in [0, 0.05) is 24.1 Å². The molecule has 1 aromatic carbocycles. The van der Waals surface area contributed by atoms with Crippen LogP contribution in [0.25, 0.3) is 0 Å². The molecule has 0 heterocycles. The van der Waals surface area contributed by atoms with Crippen LogP contribution in [0.5, 0.6) is 0 Å². The van der Waals surface area contributed by atoms with E-state index >= 15 is 0 Å². The molecule has 0 aromatic heterocycles. The van der Waals surface area contributed by atoms with Crippen molar-refractivity contribution in [2.75, 3.05) is 7.05 Å². The van der Waals surface area contributed by atoms with Crippen molar-refractivity contribution in [3.8, 4) is 0 Å². The number of amides is 1. The highest BCUT2D eigenvalue weighted by molar-refractivity contribution is 6.31. The number of halogens is 1. The van der Waals surface area contributed by atoms with Gasteiger partial charge in [-0.1, -0.05) is 29.8 Å². The van der Waals surface area contributed by atoms with Gasteiger partial charge >= 0.3 is 14.1 Å². The molecular weight excluding hydrogens is 276 g/mol. The number of carbonyl (C=O) groups is 2. The first-order valence-corrected chi connectivity index (χ1v) is 6.84. The molecule has 4 nitrogen and oxygen atoms in total. The van der Waals surface area contributed by atoms with Crippen LogP contribution in [0.4, 0.5) is 4.79 Å². The Bertz CT molecular complexity index is 537. The number of likely N-dealkylation sites (N-methyl/N-ethyl adjacent to an activating group) is 1. The van der Waals surface area contributed by atoms with E-state index in [-0.39, 0.29) is 5.78 Å². The lowest BCUT2D eigenvalue weighted by Gasteiger charge is -2.43. The number of ketones is 1. The summed E-state index contributed by atoms with van der Waals surface area (Å²) in [5.74, 6) is -0.0373. The van der Waals surface area contributed by atoms with E-state index in [4.69, 9.17) is 19.7 Å². The van der Waals surface area contributed by atoms with Gasteiger partial charge in [0.15, 0.2) is 5.78 Å². The normalized spacial score (nSPS) is 22.4. The zero-order chi connectivity index (χ0) is 14.8. The molecule has 6 heteroatoms. The number of hydrogen-bond donors (Lipinski definition) is 0. The number of hydrogen-bond acceptors (Lipinski definition) is 3. The summed E-state index contributed by atoms with van der Waals surface area (Å²) in [5, 5.41) is 0.458. The van der Waals surface area contributed by atoms with E-state index in [1.165, 1.54) is 11.9 Å². The molecule has 0 bridgehead atoms. The Morgan fingerprint density at radius 1 is 1.40 bits per heavy atom. The van der Waals surface area contributed by atoms with E-state index in [9.17, 15) is 9.59 Å². The molecule has 1 saturated carbocycles. The second-order valence-electron chi connectivity index (χ2n) is 4.91. The SMILES string of the molecule is [B]OC(=O)N(C)C1(c2ccccc2Cl)CCCCC1=O. The predicted octanol–water partition coefficient (Wildman–Crippen LogP) is 2.83. The number of Topliss-reactive ketones (excluding diaryl/α,β-unsaturated/α-hetero) is 1. The summed E-state index contributed by atoms with van der Waals surface area (Å²) in [4.78, 5) is 25.7. The van der Waals surface area contributed by atoms with Gasteiger partial charge in [0.2, 0.25) is 0 Å². The fraction of sp³-hybridized carbons (Fsp3) is 0.429. The predicted molar refractivity (Wildman–Crippen MR) is 76.6 cm³/mol. The van der Waals surface area contributed by atoms with Gasteiger partial charge in [-0.25, -0.2) is 4.79 Å². The van der Waals surface area contributed by atoms with E-state index in [2.05, 4.69) is 4.65 Å². The van der Waals surface area contributed by atoms with Crippen LogP contribution in [-0.2, 0) is 15.0 Å². The minimum Gasteiger partial charge on any atom is -0.528 e. The minimum absolute atomic E-state index is 0.0373. The summed E-state index contributed by atoms with van der Waals surface area (Å²) >= 11 is 6.24. The average molecular weight is 292 g/mol. The van der Waals surface area contributed by atoms with Crippen LogP contribution in [0.3, 0.4) is 0 Å². The average Bonchev–Trinajstić information content (AvgIpc) is 2.47. The Hall–Kier alpha value is -1.49. The molecule has 104 valence electrons. The van der Waals surface area contributed by atoms with Crippen LogP contribution < -0.4 is 0 Å². The minimum atomic E-state index is -1.09. The molecule has 1 aliphatic carbocycles. The van der Waals surface area contributed by atoms with Gasteiger partial charge in [0.05, 0.1) is 0 Å². The zero-order valence-electron chi connectivity index (χ0n) is 11.3. The number of benzene rings is 1. The topological polar surface area (TPSA) is 46.6 Å². The molecule has 1 aliphatic rings. The summed E-state index contributed by atoms with van der Waals surface area (Å²) in [6.07, 6.45) is 1.82. The number of carbonyl (C=O) groups excluding carboxylic acids is 2. The Labute approximate surface area is 124 Å². The van der Waals surface area contributed by atoms with Gasteiger partial charge in [-0.05, 0) is 25.3 Å². The van der Waals surface area contributed by atoms with E-state index in [1.54, 1.807) is 24.3 Å². The lowest BCUT2D eigenvalue weighted by Crippen LogP contribution is -2.54. The maximum atomic E-state index is 12.6. The molecular formula is C14H15BClNO3. The highest BCUT2D eigenvalue weighted by Gasteiger charge is 2.48. The van der Waals surface area contributed by atoms with Crippen LogP contribution in [0, 0.1) is 0 Å². The van der Waals surface area contributed by atoms with Gasteiger partial charge in [-0.3, -0.25) is 9.69 Å². The van der Waals surface area contributed by atoms with Gasteiger partial charge in [0.1, 0.15) is 5.54 Å². The van der Waals surface area contributed by atoms with Crippen molar-refractivity contribution in [2.45, 2.75) is 31.2 Å². The van der Waals surface area contributed by atoms with Crippen LogP contribution in [0.15, 0.2) is 24.3 Å². The van der Waals surface area contributed by atoms with E-state index in [0.717, 1.165) is 12.8 Å². The molecule has 20 heavy (non-hydrogen) atoms. The summed E-state index contributed by atoms with van der Waals surface area (Å²) in [5.41, 5.74) is -0.466. The monoisotopic (exact) mass is 291 g/mol. The molecule has 0 N–H and O–H groups in total. The third kappa shape index (κ3) is 2.31. The first-order valence-electron chi connectivity index (χ1n) is 6.47. The van der Waals surface area contributed by atoms with Gasteiger partial charge in [-0.2, -0.15) is 0 Å². The van der Waals surface area contributed by atoms with Crippen molar-refractivity contribution >= 4 is 31.5 Å². The molecule has 1 fully saturated rings.